The molecule has 1 aromatic rings. The Kier molecular flexibility index (Phi) is 3.46. The lowest BCUT2D eigenvalue weighted by Crippen LogP contribution is -2.58. The van der Waals surface area contributed by atoms with Crippen molar-refractivity contribution in [3.63, 3.8) is 0 Å². The molecule has 0 aromatic heterocycles. The lowest BCUT2D eigenvalue weighted by atomic mass is 9.62. The topological polar surface area (TPSA) is 72.6 Å². The van der Waals surface area contributed by atoms with Gasteiger partial charge in [0.05, 0.1) is 11.0 Å². The summed E-state index contributed by atoms with van der Waals surface area (Å²) in [6, 6.07) is 4.81. The van der Waals surface area contributed by atoms with E-state index in [0.29, 0.717) is 16.6 Å². The summed E-state index contributed by atoms with van der Waals surface area (Å²) in [6.07, 6.45) is 4.21. The molecule has 0 radical (unpaired) electrons. The maximum Gasteiger partial charge on any atom is 0.312 e. The number of nitro groups is 1. The zero-order valence-electron chi connectivity index (χ0n) is 10.9. The number of nitro benzene ring substituents is 1. The molecule has 20 heavy (non-hydrogen) atoms. The summed E-state index contributed by atoms with van der Waals surface area (Å²) in [7, 11) is 0. The van der Waals surface area contributed by atoms with Gasteiger partial charge in [0.1, 0.15) is 6.10 Å². The SMILES string of the molecule is O=[N+]([O-])c1cc(Br)ccc1OC1CC(O)C12CCCC2. The van der Waals surface area contributed by atoms with Crippen molar-refractivity contribution in [2.45, 2.75) is 44.3 Å². The van der Waals surface area contributed by atoms with E-state index in [1.165, 1.54) is 6.07 Å². The Bertz CT molecular complexity index is 542. The van der Waals surface area contributed by atoms with Crippen LogP contribution in [-0.2, 0) is 0 Å². The molecule has 108 valence electrons. The van der Waals surface area contributed by atoms with Crippen LogP contribution in [0.15, 0.2) is 22.7 Å². The van der Waals surface area contributed by atoms with Crippen molar-refractivity contribution < 1.29 is 14.8 Å². The van der Waals surface area contributed by atoms with E-state index in [-0.39, 0.29) is 23.3 Å². The molecular weight excluding hydrogens is 326 g/mol. The van der Waals surface area contributed by atoms with Crippen molar-refractivity contribution in [3.8, 4) is 5.75 Å². The Hall–Kier alpha value is -1.14. The Morgan fingerprint density at radius 3 is 2.70 bits per heavy atom. The second-order valence-electron chi connectivity index (χ2n) is 5.67. The molecule has 2 fully saturated rings. The minimum atomic E-state index is -0.434. The summed E-state index contributed by atoms with van der Waals surface area (Å²) in [5, 5.41) is 21.1. The number of rotatable bonds is 3. The molecule has 0 aliphatic heterocycles. The van der Waals surface area contributed by atoms with Gasteiger partial charge >= 0.3 is 5.69 Å². The highest BCUT2D eigenvalue weighted by Crippen LogP contribution is 2.55. The van der Waals surface area contributed by atoms with Crippen LogP contribution in [0.3, 0.4) is 0 Å². The van der Waals surface area contributed by atoms with Crippen LogP contribution in [0.25, 0.3) is 0 Å². The minimum absolute atomic E-state index is 0.0334. The summed E-state index contributed by atoms with van der Waals surface area (Å²) in [4.78, 5) is 10.7. The van der Waals surface area contributed by atoms with Gasteiger partial charge in [0, 0.05) is 22.4 Å². The predicted molar refractivity (Wildman–Crippen MR) is 76.7 cm³/mol. The van der Waals surface area contributed by atoms with E-state index in [9.17, 15) is 15.2 Å². The Morgan fingerprint density at radius 2 is 2.10 bits per heavy atom. The van der Waals surface area contributed by atoms with Gasteiger partial charge in [-0.2, -0.15) is 0 Å². The minimum Gasteiger partial charge on any atom is -0.483 e. The van der Waals surface area contributed by atoms with Crippen LogP contribution >= 0.6 is 15.9 Å². The number of halogens is 1. The quantitative estimate of drug-likeness (QED) is 0.675. The molecule has 3 rings (SSSR count). The lowest BCUT2D eigenvalue weighted by molar-refractivity contribution is -0.386. The summed E-state index contributed by atoms with van der Waals surface area (Å²) in [5.74, 6) is 0.293. The Morgan fingerprint density at radius 1 is 1.40 bits per heavy atom. The van der Waals surface area contributed by atoms with Gasteiger partial charge in [0.2, 0.25) is 0 Å². The van der Waals surface area contributed by atoms with E-state index < -0.39 is 4.92 Å². The van der Waals surface area contributed by atoms with Gasteiger partial charge in [-0.05, 0) is 25.0 Å². The summed E-state index contributed by atoms with van der Waals surface area (Å²) < 4.78 is 6.54. The zero-order chi connectivity index (χ0) is 14.3. The van der Waals surface area contributed by atoms with Gasteiger partial charge < -0.3 is 9.84 Å². The van der Waals surface area contributed by atoms with E-state index >= 15 is 0 Å². The van der Waals surface area contributed by atoms with E-state index in [1.807, 2.05) is 0 Å². The highest BCUT2D eigenvalue weighted by molar-refractivity contribution is 9.10. The molecule has 1 aromatic carbocycles. The maximum atomic E-state index is 11.1. The first-order valence-electron chi connectivity index (χ1n) is 6.81. The van der Waals surface area contributed by atoms with Crippen molar-refractivity contribution in [2.24, 2.45) is 5.41 Å². The largest absolute Gasteiger partial charge is 0.483 e. The third-order valence-corrected chi connectivity index (χ3v) is 5.16. The molecule has 0 amide bonds. The first kappa shape index (κ1) is 13.8. The summed E-state index contributed by atoms with van der Waals surface area (Å²) >= 11 is 3.23. The molecule has 1 N–H and O–H groups in total. The third kappa shape index (κ3) is 2.11. The standard InChI is InChI=1S/C14H16BrNO4/c15-9-3-4-11(10(7-9)16(18)19)20-13-8-12(17)14(13)5-1-2-6-14/h3-4,7,12-13,17H,1-2,5-6,8H2. The number of hydrogen-bond acceptors (Lipinski definition) is 4. The van der Waals surface area contributed by atoms with Crippen molar-refractivity contribution in [1.29, 1.82) is 0 Å². The first-order valence-corrected chi connectivity index (χ1v) is 7.61. The molecule has 2 aliphatic rings. The van der Waals surface area contributed by atoms with Gasteiger partial charge in [-0.3, -0.25) is 10.1 Å². The van der Waals surface area contributed by atoms with E-state index in [2.05, 4.69) is 15.9 Å². The zero-order valence-corrected chi connectivity index (χ0v) is 12.5. The second-order valence-corrected chi connectivity index (χ2v) is 6.58. The third-order valence-electron chi connectivity index (χ3n) is 4.66. The van der Waals surface area contributed by atoms with Crippen LogP contribution in [0.1, 0.15) is 32.1 Å². The van der Waals surface area contributed by atoms with Crippen LogP contribution in [0.4, 0.5) is 5.69 Å². The molecular formula is C14H16BrNO4. The van der Waals surface area contributed by atoms with Crippen LogP contribution in [0.5, 0.6) is 5.75 Å². The molecule has 6 heteroatoms. The predicted octanol–water partition coefficient (Wildman–Crippen LogP) is 3.43. The van der Waals surface area contributed by atoms with Crippen LogP contribution in [0, 0.1) is 15.5 Å². The van der Waals surface area contributed by atoms with Gasteiger partial charge in [-0.15, -0.1) is 0 Å². The fourth-order valence-electron chi connectivity index (χ4n) is 3.47. The number of aliphatic hydroxyl groups excluding tert-OH is 1. The Balaban J connectivity index is 1.84. The smallest absolute Gasteiger partial charge is 0.312 e. The molecule has 0 heterocycles. The first-order chi connectivity index (χ1) is 9.53. The van der Waals surface area contributed by atoms with E-state index in [0.717, 1.165) is 25.7 Å². The number of benzene rings is 1. The lowest BCUT2D eigenvalue weighted by Gasteiger charge is -2.50. The summed E-state index contributed by atoms with van der Waals surface area (Å²) in [6.45, 7) is 0. The van der Waals surface area contributed by atoms with Crippen LogP contribution in [-0.4, -0.2) is 22.2 Å². The number of aliphatic hydroxyl groups is 1. The van der Waals surface area contributed by atoms with Gasteiger partial charge in [0.15, 0.2) is 5.75 Å². The van der Waals surface area contributed by atoms with Gasteiger partial charge in [0.25, 0.3) is 0 Å². The highest BCUT2D eigenvalue weighted by atomic mass is 79.9. The van der Waals surface area contributed by atoms with Crippen molar-refractivity contribution in [2.75, 3.05) is 0 Å². The van der Waals surface area contributed by atoms with Crippen molar-refractivity contribution >= 4 is 21.6 Å². The monoisotopic (exact) mass is 341 g/mol. The fourth-order valence-corrected chi connectivity index (χ4v) is 3.82. The van der Waals surface area contributed by atoms with Crippen molar-refractivity contribution in [1.82, 2.24) is 0 Å². The number of nitrogens with zero attached hydrogens (tertiary/aromatic N) is 1. The van der Waals surface area contributed by atoms with Crippen LogP contribution in [0.2, 0.25) is 0 Å². The highest BCUT2D eigenvalue weighted by Gasteiger charge is 2.57. The average Bonchev–Trinajstić information content (AvgIpc) is 2.92. The normalized spacial score (nSPS) is 27.3. The average molecular weight is 342 g/mol. The molecule has 0 bridgehead atoms. The molecule has 2 unspecified atom stereocenters. The number of ether oxygens (including phenoxy) is 1. The summed E-state index contributed by atoms with van der Waals surface area (Å²) in [5.41, 5.74) is -0.213. The maximum absolute atomic E-state index is 11.1. The van der Waals surface area contributed by atoms with Gasteiger partial charge in [-0.25, -0.2) is 0 Å². The van der Waals surface area contributed by atoms with E-state index in [4.69, 9.17) is 4.74 Å². The molecule has 2 saturated carbocycles. The molecule has 0 saturated heterocycles. The molecule has 2 aliphatic carbocycles. The van der Waals surface area contributed by atoms with Gasteiger partial charge in [-0.1, -0.05) is 28.8 Å². The molecule has 2 atom stereocenters. The second kappa shape index (κ2) is 5.00. The Labute approximate surface area is 125 Å². The van der Waals surface area contributed by atoms with Crippen molar-refractivity contribution in [3.05, 3.63) is 32.8 Å². The van der Waals surface area contributed by atoms with E-state index in [1.54, 1.807) is 12.1 Å². The molecule has 1 spiro atoms. The fraction of sp³-hybridized carbons (Fsp3) is 0.571. The number of hydrogen-bond donors (Lipinski definition) is 1. The van der Waals surface area contributed by atoms with Crippen LogP contribution < -0.4 is 4.74 Å². The molecule has 5 nitrogen and oxygen atoms in total.